The van der Waals surface area contributed by atoms with E-state index in [4.69, 9.17) is 4.74 Å². The molecule has 15 heavy (non-hydrogen) atoms. The van der Waals surface area contributed by atoms with Gasteiger partial charge in [0.2, 0.25) is 0 Å². The van der Waals surface area contributed by atoms with Gasteiger partial charge in [-0.25, -0.2) is 4.98 Å². The Bertz CT molecular complexity index is 327. The molecule has 1 aromatic heterocycles. The summed E-state index contributed by atoms with van der Waals surface area (Å²) in [6.45, 7) is 6.07. The second-order valence-electron chi connectivity index (χ2n) is 4.17. The predicted molar refractivity (Wildman–Crippen MR) is 61.0 cm³/mol. The van der Waals surface area contributed by atoms with E-state index < -0.39 is 0 Å². The van der Waals surface area contributed by atoms with E-state index in [1.54, 1.807) is 0 Å². The molecular weight excluding hydrogens is 188 g/mol. The molecule has 0 saturated carbocycles. The van der Waals surface area contributed by atoms with Crippen molar-refractivity contribution in [3.8, 4) is 0 Å². The molecule has 1 N–H and O–H groups in total. The number of aryl methyl sites for hydroxylation is 1. The number of nitrogens with one attached hydrogen (secondary N) is 1. The molecule has 2 atom stereocenters. The summed E-state index contributed by atoms with van der Waals surface area (Å²) in [5, 5.41) is 3.39. The first kappa shape index (κ1) is 10.4. The van der Waals surface area contributed by atoms with Crippen molar-refractivity contribution in [2.75, 3.05) is 18.5 Å². The number of nitrogens with zero attached hydrogens (tertiary/aromatic N) is 1. The zero-order valence-electron chi connectivity index (χ0n) is 9.36. The molecule has 1 fully saturated rings. The predicted octanol–water partition coefficient (Wildman–Crippen LogP) is 2.23. The van der Waals surface area contributed by atoms with Gasteiger partial charge >= 0.3 is 0 Å². The molecule has 3 nitrogen and oxygen atoms in total. The average Bonchev–Trinajstić information content (AvgIpc) is 2.63. The van der Waals surface area contributed by atoms with Crippen LogP contribution in [0.25, 0.3) is 0 Å². The molecular formula is C12H18N2O. The summed E-state index contributed by atoms with van der Waals surface area (Å²) in [7, 11) is 0. The van der Waals surface area contributed by atoms with Crippen LogP contribution in [0.3, 0.4) is 0 Å². The van der Waals surface area contributed by atoms with Gasteiger partial charge in [-0.15, -0.1) is 0 Å². The first-order valence-electron chi connectivity index (χ1n) is 5.54. The number of hydrogen-bond acceptors (Lipinski definition) is 3. The van der Waals surface area contributed by atoms with Crippen LogP contribution in [0.4, 0.5) is 5.82 Å². The summed E-state index contributed by atoms with van der Waals surface area (Å²) in [4.78, 5) is 4.31. The standard InChI is InChI=1S/C12H18N2O/c1-9-4-3-6-13-12(9)14-8-11-5-7-15-10(11)2/h3-4,6,10-11H,5,7-8H2,1-2H3,(H,13,14). The number of anilines is 1. The Hall–Kier alpha value is -1.09. The van der Waals surface area contributed by atoms with E-state index in [0.29, 0.717) is 12.0 Å². The minimum absolute atomic E-state index is 0.376. The maximum absolute atomic E-state index is 5.52. The van der Waals surface area contributed by atoms with Crippen LogP contribution in [0.2, 0.25) is 0 Å². The van der Waals surface area contributed by atoms with Gasteiger partial charge in [0, 0.05) is 25.3 Å². The molecule has 1 aliphatic rings. The Morgan fingerprint density at radius 1 is 1.60 bits per heavy atom. The fraction of sp³-hybridized carbons (Fsp3) is 0.583. The number of hydrogen-bond donors (Lipinski definition) is 1. The minimum Gasteiger partial charge on any atom is -0.378 e. The molecule has 0 aromatic carbocycles. The molecule has 1 saturated heterocycles. The van der Waals surface area contributed by atoms with Crippen LogP contribution in [0.5, 0.6) is 0 Å². The monoisotopic (exact) mass is 206 g/mol. The zero-order valence-corrected chi connectivity index (χ0v) is 9.36. The maximum atomic E-state index is 5.52. The highest BCUT2D eigenvalue weighted by atomic mass is 16.5. The zero-order chi connectivity index (χ0) is 10.7. The molecule has 0 amide bonds. The van der Waals surface area contributed by atoms with Crippen molar-refractivity contribution < 1.29 is 4.74 Å². The van der Waals surface area contributed by atoms with Crippen LogP contribution in [-0.2, 0) is 4.74 Å². The number of rotatable bonds is 3. The Labute approximate surface area is 90.9 Å². The van der Waals surface area contributed by atoms with E-state index in [0.717, 1.165) is 25.4 Å². The van der Waals surface area contributed by atoms with E-state index in [1.807, 2.05) is 12.3 Å². The van der Waals surface area contributed by atoms with E-state index in [-0.39, 0.29) is 0 Å². The second kappa shape index (κ2) is 4.62. The molecule has 3 heteroatoms. The van der Waals surface area contributed by atoms with Crippen LogP contribution in [0, 0.1) is 12.8 Å². The summed E-state index contributed by atoms with van der Waals surface area (Å²) >= 11 is 0. The number of ether oxygens (including phenoxy) is 1. The van der Waals surface area contributed by atoms with E-state index >= 15 is 0 Å². The van der Waals surface area contributed by atoms with Gasteiger partial charge < -0.3 is 10.1 Å². The summed E-state index contributed by atoms with van der Waals surface area (Å²) in [5.74, 6) is 1.61. The summed E-state index contributed by atoms with van der Waals surface area (Å²) in [6, 6.07) is 4.03. The van der Waals surface area contributed by atoms with Crippen molar-refractivity contribution in [2.24, 2.45) is 5.92 Å². The highest BCUT2D eigenvalue weighted by Gasteiger charge is 2.23. The van der Waals surface area contributed by atoms with Gasteiger partial charge in [0.25, 0.3) is 0 Å². The lowest BCUT2D eigenvalue weighted by molar-refractivity contribution is 0.108. The van der Waals surface area contributed by atoms with E-state index in [9.17, 15) is 0 Å². The van der Waals surface area contributed by atoms with Gasteiger partial charge in [0.05, 0.1) is 6.10 Å². The van der Waals surface area contributed by atoms with Gasteiger partial charge in [0.15, 0.2) is 0 Å². The highest BCUT2D eigenvalue weighted by Crippen LogP contribution is 2.21. The van der Waals surface area contributed by atoms with Crippen molar-refractivity contribution in [3.63, 3.8) is 0 Å². The fourth-order valence-corrected chi connectivity index (χ4v) is 1.94. The van der Waals surface area contributed by atoms with E-state index in [2.05, 4.69) is 30.2 Å². The Morgan fingerprint density at radius 3 is 3.13 bits per heavy atom. The van der Waals surface area contributed by atoms with Gasteiger partial charge in [-0.1, -0.05) is 6.07 Å². The fourth-order valence-electron chi connectivity index (χ4n) is 1.94. The summed E-state index contributed by atoms with van der Waals surface area (Å²) in [5.41, 5.74) is 1.20. The minimum atomic E-state index is 0.376. The lowest BCUT2D eigenvalue weighted by Gasteiger charge is -2.15. The largest absolute Gasteiger partial charge is 0.378 e. The molecule has 82 valence electrons. The quantitative estimate of drug-likeness (QED) is 0.823. The Balaban J connectivity index is 1.90. The van der Waals surface area contributed by atoms with Crippen LogP contribution in [0.15, 0.2) is 18.3 Å². The van der Waals surface area contributed by atoms with Gasteiger partial charge in [0.1, 0.15) is 5.82 Å². The average molecular weight is 206 g/mol. The topological polar surface area (TPSA) is 34.2 Å². The molecule has 2 rings (SSSR count). The molecule has 2 unspecified atom stereocenters. The lowest BCUT2D eigenvalue weighted by atomic mass is 10.0. The lowest BCUT2D eigenvalue weighted by Crippen LogP contribution is -2.21. The normalized spacial score (nSPS) is 25.5. The summed E-state index contributed by atoms with van der Waals surface area (Å²) < 4.78 is 5.52. The third-order valence-corrected chi connectivity index (χ3v) is 3.07. The van der Waals surface area contributed by atoms with Crippen LogP contribution in [-0.4, -0.2) is 24.2 Å². The van der Waals surface area contributed by atoms with Gasteiger partial charge in [-0.2, -0.15) is 0 Å². The molecule has 1 aliphatic heterocycles. The molecule has 1 aromatic rings. The van der Waals surface area contributed by atoms with Crippen LogP contribution < -0.4 is 5.32 Å². The number of aromatic nitrogens is 1. The summed E-state index contributed by atoms with van der Waals surface area (Å²) in [6.07, 6.45) is 3.35. The molecule has 2 heterocycles. The van der Waals surface area contributed by atoms with Crippen LogP contribution in [0.1, 0.15) is 18.9 Å². The first-order chi connectivity index (χ1) is 7.27. The second-order valence-corrected chi connectivity index (χ2v) is 4.17. The van der Waals surface area contributed by atoms with Crippen LogP contribution >= 0.6 is 0 Å². The first-order valence-corrected chi connectivity index (χ1v) is 5.54. The molecule has 0 bridgehead atoms. The highest BCUT2D eigenvalue weighted by molar-refractivity contribution is 5.42. The van der Waals surface area contributed by atoms with Crippen molar-refractivity contribution in [1.29, 1.82) is 0 Å². The number of pyridine rings is 1. The van der Waals surface area contributed by atoms with Gasteiger partial charge in [-0.05, 0) is 31.9 Å². The van der Waals surface area contributed by atoms with Crippen molar-refractivity contribution in [3.05, 3.63) is 23.9 Å². The van der Waals surface area contributed by atoms with E-state index in [1.165, 1.54) is 5.56 Å². The van der Waals surface area contributed by atoms with Crippen molar-refractivity contribution >= 4 is 5.82 Å². The third-order valence-electron chi connectivity index (χ3n) is 3.07. The smallest absolute Gasteiger partial charge is 0.128 e. The third kappa shape index (κ3) is 2.48. The van der Waals surface area contributed by atoms with Crippen molar-refractivity contribution in [2.45, 2.75) is 26.4 Å². The van der Waals surface area contributed by atoms with Crippen molar-refractivity contribution in [1.82, 2.24) is 4.98 Å². The molecule has 0 spiro atoms. The van der Waals surface area contributed by atoms with Gasteiger partial charge in [-0.3, -0.25) is 0 Å². The maximum Gasteiger partial charge on any atom is 0.128 e. The molecule has 0 aliphatic carbocycles. The Morgan fingerprint density at radius 2 is 2.47 bits per heavy atom. The molecule has 0 radical (unpaired) electrons. The Kier molecular flexibility index (Phi) is 3.21. The SMILES string of the molecule is Cc1cccnc1NCC1CCOC1C.